The molecule has 0 fully saturated rings. The van der Waals surface area contributed by atoms with Crippen LogP contribution in [0.1, 0.15) is 26.7 Å². The molecule has 0 heterocycles. The van der Waals surface area contributed by atoms with Crippen molar-refractivity contribution in [1.82, 2.24) is 0 Å². The molecule has 0 aliphatic rings. The van der Waals surface area contributed by atoms with E-state index in [1.807, 2.05) is 25.1 Å². The molecular formula is C13H18BrNO2S. The minimum absolute atomic E-state index is 0.160. The number of nitrogen functional groups attached to an aromatic ring is 1. The number of benzene rings is 1. The van der Waals surface area contributed by atoms with Crippen LogP contribution in [0.3, 0.4) is 0 Å². The highest BCUT2D eigenvalue weighted by molar-refractivity contribution is 9.10. The molecule has 0 aliphatic heterocycles. The SMILES string of the molecule is CCCC(Sc1ccc(Br)cc1N)C(=O)OCC. The van der Waals surface area contributed by atoms with Crippen molar-refractivity contribution < 1.29 is 9.53 Å². The fourth-order valence-electron chi connectivity index (χ4n) is 1.50. The van der Waals surface area contributed by atoms with Gasteiger partial charge in [0.05, 0.1) is 6.61 Å². The number of carbonyl (C=O) groups is 1. The zero-order valence-corrected chi connectivity index (χ0v) is 13.0. The number of halogens is 1. The maximum atomic E-state index is 11.8. The molecule has 1 atom stereocenters. The Hall–Kier alpha value is -0.680. The van der Waals surface area contributed by atoms with Crippen LogP contribution in [0.4, 0.5) is 5.69 Å². The van der Waals surface area contributed by atoms with E-state index in [0.29, 0.717) is 12.3 Å². The zero-order valence-electron chi connectivity index (χ0n) is 10.6. The van der Waals surface area contributed by atoms with Crippen molar-refractivity contribution >= 4 is 39.3 Å². The second-order valence-corrected chi connectivity index (χ2v) is 5.99. The average Bonchev–Trinajstić information content (AvgIpc) is 2.32. The smallest absolute Gasteiger partial charge is 0.319 e. The van der Waals surface area contributed by atoms with Gasteiger partial charge in [0.2, 0.25) is 0 Å². The number of ether oxygens (including phenoxy) is 1. The molecule has 1 rings (SSSR count). The summed E-state index contributed by atoms with van der Waals surface area (Å²) >= 11 is 4.84. The molecule has 2 N–H and O–H groups in total. The first-order chi connectivity index (χ1) is 8.58. The van der Waals surface area contributed by atoms with Crippen molar-refractivity contribution in [3.05, 3.63) is 22.7 Å². The van der Waals surface area contributed by atoms with E-state index in [1.165, 1.54) is 11.8 Å². The number of esters is 1. The lowest BCUT2D eigenvalue weighted by molar-refractivity contribution is -0.142. The Labute approximate surface area is 121 Å². The molecule has 1 aromatic carbocycles. The van der Waals surface area contributed by atoms with E-state index < -0.39 is 0 Å². The molecule has 0 saturated heterocycles. The van der Waals surface area contributed by atoms with Crippen molar-refractivity contribution in [1.29, 1.82) is 0 Å². The summed E-state index contributed by atoms with van der Waals surface area (Å²) in [4.78, 5) is 12.7. The Morgan fingerprint density at radius 2 is 2.22 bits per heavy atom. The van der Waals surface area contributed by atoms with Gasteiger partial charge in [-0.05, 0) is 31.5 Å². The second kappa shape index (κ2) is 7.69. The first-order valence-electron chi connectivity index (χ1n) is 5.96. The monoisotopic (exact) mass is 331 g/mol. The van der Waals surface area contributed by atoms with Crippen molar-refractivity contribution in [3.63, 3.8) is 0 Å². The Morgan fingerprint density at radius 3 is 2.78 bits per heavy atom. The van der Waals surface area contributed by atoms with E-state index in [-0.39, 0.29) is 11.2 Å². The minimum Gasteiger partial charge on any atom is -0.465 e. The number of anilines is 1. The van der Waals surface area contributed by atoms with E-state index in [0.717, 1.165) is 22.2 Å². The van der Waals surface area contributed by atoms with Gasteiger partial charge in [0.1, 0.15) is 5.25 Å². The predicted molar refractivity (Wildman–Crippen MR) is 79.7 cm³/mol. The molecule has 18 heavy (non-hydrogen) atoms. The third-order valence-corrected chi connectivity index (χ3v) is 4.17. The van der Waals surface area contributed by atoms with Crippen LogP contribution in [0.2, 0.25) is 0 Å². The van der Waals surface area contributed by atoms with Gasteiger partial charge in [-0.2, -0.15) is 0 Å². The van der Waals surface area contributed by atoms with Crippen LogP contribution >= 0.6 is 27.7 Å². The van der Waals surface area contributed by atoms with Crippen LogP contribution in [0.5, 0.6) is 0 Å². The van der Waals surface area contributed by atoms with Crippen LogP contribution in [0.15, 0.2) is 27.6 Å². The maximum Gasteiger partial charge on any atom is 0.319 e. The molecule has 0 spiro atoms. The normalized spacial score (nSPS) is 12.2. The van der Waals surface area contributed by atoms with Crippen LogP contribution in [-0.2, 0) is 9.53 Å². The third kappa shape index (κ3) is 4.53. The largest absolute Gasteiger partial charge is 0.465 e. The Kier molecular flexibility index (Phi) is 6.57. The van der Waals surface area contributed by atoms with Crippen molar-refractivity contribution in [2.45, 2.75) is 36.8 Å². The van der Waals surface area contributed by atoms with E-state index in [9.17, 15) is 4.79 Å². The molecule has 1 aromatic rings. The van der Waals surface area contributed by atoms with Gasteiger partial charge in [-0.25, -0.2) is 0 Å². The molecule has 0 amide bonds. The molecule has 3 nitrogen and oxygen atoms in total. The minimum atomic E-state index is -0.182. The second-order valence-electron chi connectivity index (χ2n) is 3.83. The summed E-state index contributed by atoms with van der Waals surface area (Å²) < 4.78 is 6.02. The Bertz CT molecular complexity index is 412. The molecule has 5 heteroatoms. The number of hydrogen-bond donors (Lipinski definition) is 1. The van der Waals surface area contributed by atoms with E-state index in [2.05, 4.69) is 22.9 Å². The highest BCUT2D eigenvalue weighted by atomic mass is 79.9. The first kappa shape index (κ1) is 15.4. The van der Waals surface area contributed by atoms with Crippen LogP contribution in [0, 0.1) is 0 Å². The van der Waals surface area contributed by atoms with Crippen molar-refractivity contribution in [2.24, 2.45) is 0 Å². The van der Waals surface area contributed by atoms with Gasteiger partial charge in [-0.15, -0.1) is 11.8 Å². The summed E-state index contributed by atoms with van der Waals surface area (Å²) in [6, 6.07) is 5.69. The quantitative estimate of drug-likeness (QED) is 0.488. The maximum absolute atomic E-state index is 11.8. The summed E-state index contributed by atoms with van der Waals surface area (Å²) in [7, 11) is 0. The predicted octanol–water partition coefficient (Wildman–Crippen LogP) is 3.86. The lowest BCUT2D eigenvalue weighted by atomic mass is 10.2. The summed E-state index contributed by atoms with van der Waals surface area (Å²) in [5.41, 5.74) is 6.62. The van der Waals surface area contributed by atoms with Gasteiger partial charge in [-0.1, -0.05) is 29.3 Å². The third-order valence-electron chi connectivity index (χ3n) is 2.34. The molecule has 0 bridgehead atoms. The highest BCUT2D eigenvalue weighted by Crippen LogP contribution is 2.33. The van der Waals surface area contributed by atoms with E-state index >= 15 is 0 Å². The van der Waals surface area contributed by atoms with Gasteiger partial charge in [-0.3, -0.25) is 4.79 Å². The first-order valence-corrected chi connectivity index (χ1v) is 7.64. The van der Waals surface area contributed by atoms with Gasteiger partial charge < -0.3 is 10.5 Å². The zero-order chi connectivity index (χ0) is 13.5. The number of rotatable bonds is 6. The molecule has 1 unspecified atom stereocenters. The van der Waals surface area contributed by atoms with Crippen LogP contribution < -0.4 is 5.73 Å². The average molecular weight is 332 g/mol. The summed E-state index contributed by atoms with van der Waals surface area (Å²) in [6.45, 7) is 4.28. The van der Waals surface area contributed by atoms with Gasteiger partial charge in [0.25, 0.3) is 0 Å². The fourth-order valence-corrected chi connectivity index (χ4v) is 3.05. The number of nitrogens with two attached hydrogens (primary N) is 1. The molecule has 0 aliphatic carbocycles. The molecule has 0 radical (unpaired) electrons. The van der Waals surface area contributed by atoms with Gasteiger partial charge in [0, 0.05) is 15.1 Å². The Balaban J connectivity index is 2.79. The molecule has 0 saturated carbocycles. The molecular weight excluding hydrogens is 314 g/mol. The molecule has 100 valence electrons. The van der Waals surface area contributed by atoms with E-state index in [4.69, 9.17) is 10.5 Å². The lowest BCUT2D eigenvalue weighted by Gasteiger charge is -2.15. The molecule has 0 aromatic heterocycles. The van der Waals surface area contributed by atoms with Crippen molar-refractivity contribution in [3.8, 4) is 0 Å². The van der Waals surface area contributed by atoms with Crippen LogP contribution in [-0.4, -0.2) is 17.8 Å². The number of thioether (sulfide) groups is 1. The fraction of sp³-hybridized carbons (Fsp3) is 0.462. The number of hydrogen-bond acceptors (Lipinski definition) is 4. The standard InChI is InChI=1S/C13H18BrNO2S/c1-3-5-12(13(16)17-4-2)18-11-7-6-9(14)8-10(11)15/h6-8,12H,3-5,15H2,1-2H3. The highest BCUT2D eigenvalue weighted by Gasteiger charge is 2.21. The summed E-state index contributed by atoms with van der Waals surface area (Å²) in [5, 5.41) is -0.182. The van der Waals surface area contributed by atoms with Gasteiger partial charge in [0.15, 0.2) is 0 Å². The lowest BCUT2D eigenvalue weighted by Crippen LogP contribution is -2.20. The van der Waals surface area contributed by atoms with Crippen molar-refractivity contribution in [2.75, 3.05) is 12.3 Å². The topological polar surface area (TPSA) is 52.3 Å². The Morgan fingerprint density at radius 1 is 1.50 bits per heavy atom. The van der Waals surface area contributed by atoms with Crippen LogP contribution in [0.25, 0.3) is 0 Å². The summed E-state index contributed by atoms with van der Waals surface area (Å²) in [6.07, 6.45) is 1.73. The summed E-state index contributed by atoms with van der Waals surface area (Å²) in [5.74, 6) is -0.160. The van der Waals surface area contributed by atoms with E-state index in [1.54, 1.807) is 0 Å². The van der Waals surface area contributed by atoms with Gasteiger partial charge >= 0.3 is 5.97 Å². The number of carbonyl (C=O) groups excluding carboxylic acids is 1.